The lowest BCUT2D eigenvalue weighted by Gasteiger charge is -2.30. The van der Waals surface area contributed by atoms with Crippen molar-refractivity contribution in [1.29, 1.82) is 0 Å². The van der Waals surface area contributed by atoms with Gasteiger partial charge in [-0.05, 0) is 33.4 Å². The van der Waals surface area contributed by atoms with Crippen molar-refractivity contribution in [2.45, 2.75) is 25.3 Å². The summed E-state index contributed by atoms with van der Waals surface area (Å²) in [5.74, 6) is -0.966. The van der Waals surface area contributed by atoms with Crippen molar-refractivity contribution in [2.75, 3.05) is 51.8 Å². The predicted octanol–water partition coefficient (Wildman–Crippen LogP) is -0.814. The normalized spacial score (nSPS) is 24.0. The average molecular weight is 331 g/mol. The van der Waals surface area contributed by atoms with Gasteiger partial charge in [0.05, 0.1) is 11.5 Å². The summed E-state index contributed by atoms with van der Waals surface area (Å²) in [6.45, 7) is 2.23. The topological polar surface area (TPSA) is 78.0 Å². The standard InChI is InChI=1S/C14H25N3O4S/c1-15(2)8-9-17(12-5-10-22(20,21)11-12)14(19)13(18)16-6-3-4-7-16/h12H,3-11H2,1-2H3. The fraction of sp³-hybridized carbons (Fsp3) is 0.857. The van der Waals surface area contributed by atoms with Crippen molar-refractivity contribution >= 4 is 21.7 Å². The van der Waals surface area contributed by atoms with Crippen molar-refractivity contribution in [2.24, 2.45) is 0 Å². The summed E-state index contributed by atoms with van der Waals surface area (Å²) in [5, 5.41) is 0. The second-order valence-electron chi connectivity index (χ2n) is 6.36. The van der Waals surface area contributed by atoms with Crippen LogP contribution in [0, 0.1) is 0 Å². The molecule has 0 radical (unpaired) electrons. The molecule has 0 aromatic carbocycles. The molecule has 0 aromatic rings. The zero-order valence-corrected chi connectivity index (χ0v) is 14.1. The number of likely N-dealkylation sites (N-methyl/N-ethyl adjacent to an activating group) is 1. The van der Waals surface area contributed by atoms with Crippen molar-refractivity contribution in [3.8, 4) is 0 Å². The lowest BCUT2D eigenvalue weighted by molar-refractivity contribution is -0.152. The fourth-order valence-electron chi connectivity index (χ4n) is 2.96. The molecule has 2 amide bonds. The number of rotatable bonds is 4. The monoisotopic (exact) mass is 331 g/mol. The lowest BCUT2D eigenvalue weighted by Crippen LogP contribution is -2.51. The first-order valence-corrected chi connectivity index (χ1v) is 9.57. The van der Waals surface area contributed by atoms with E-state index in [2.05, 4.69) is 0 Å². The van der Waals surface area contributed by atoms with Gasteiger partial charge in [0.1, 0.15) is 0 Å². The van der Waals surface area contributed by atoms with Gasteiger partial charge in [0.15, 0.2) is 9.84 Å². The summed E-state index contributed by atoms with van der Waals surface area (Å²) in [6.07, 6.45) is 2.28. The van der Waals surface area contributed by atoms with Crippen LogP contribution in [0.5, 0.6) is 0 Å². The Kier molecular flexibility index (Phi) is 5.44. The van der Waals surface area contributed by atoms with E-state index < -0.39 is 21.7 Å². The summed E-state index contributed by atoms with van der Waals surface area (Å²) < 4.78 is 23.4. The Hall–Kier alpha value is -1.15. The third-order valence-corrected chi connectivity index (χ3v) is 6.02. The summed E-state index contributed by atoms with van der Waals surface area (Å²) in [4.78, 5) is 29.9. The molecule has 0 spiro atoms. The fourth-order valence-corrected chi connectivity index (χ4v) is 4.69. The van der Waals surface area contributed by atoms with Crippen LogP contribution in [0.15, 0.2) is 0 Å². The number of likely N-dealkylation sites (tertiary alicyclic amines) is 1. The van der Waals surface area contributed by atoms with E-state index in [1.165, 1.54) is 4.90 Å². The Morgan fingerprint density at radius 3 is 2.27 bits per heavy atom. The third-order valence-electron chi connectivity index (χ3n) is 4.27. The van der Waals surface area contributed by atoms with Gasteiger partial charge in [0.2, 0.25) is 0 Å². The van der Waals surface area contributed by atoms with Crippen LogP contribution >= 0.6 is 0 Å². The van der Waals surface area contributed by atoms with E-state index in [9.17, 15) is 18.0 Å². The highest BCUT2D eigenvalue weighted by molar-refractivity contribution is 7.91. The highest BCUT2D eigenvalue weighted by Crippen LogP contribution is 2.19. The average Bonchev–Trinajstić information content (AvgIpc) is 3.07. The Bertz CT molecular complexity index is 526. The molecule has 2 heterocycles. The van der Waals surface area contributed by atoms with E-state index in [1.54, 1.807) is 4.90 Å². The largest absolute Gasteiger partial charge is 0.334 e. The van der Waals surface area contributed by atoms with Crippen LogP contribution in [0.2, 0.25) is 0 Å². The van der Waals surface area contributed by atoms with E-state index in [-0.39, 0.29) is 17.5 Å². The van der Waals surface area contributed by atoms with Gasteiger partial charge in [0.25, 0.3) is 0 Å². The van der Waals surface area contributed by atoms with Gasteiger partial charge in [-0.15, -0.1) is 0 Å². The van der Waals surface area contributed by atoms with E-state index in [1.807, 2.05) is 19.0 Å². The van der Waals surface area contributed by atoms with Gasteiger partial charge in [0, 0.05) is 32.2 Å². The maximum absolute atomic E-state index is 12.6. The second-order valence-corrected chi connectivity index (χ2v) is 8.59. The predicted molar refractivity (Wildman–Crippen MR) is 83.1 cm³/mol. The number of amides is 2. The Balaban J connectivity index is 2.09. The molecule has 1 atom stereocenters. The summed E-state index contributed by atoms with van der Waals surface area (Å²) in [5.41, 5.74) is 0. The van der Waals surface area contributed by atoms with E-state index in [0.29, 0.717) is 32.6 Å². The lowest BCUT2D eigenvalue weighted by atomic mass is 10.2. The van der Waals surface area contributed by atoms with Crippen molar-refractivity contribution in [3.63, 3.8) is 0 Å². The maximum atomic E-state index is 12.6. The van der Waals surface area contributed by atoms with Gasteiger partial charge in [-0.25, -0.2) is 8.42 Å². The quantitative estimate of drug-likeness (QED) is 0.630. The van der Waals surface area contributed by atoms with E-state index in [4.69, 9.17) is 0 Å². The van der Waals surface area contributed by atoms with Gasteiger partial charge < -0.3 is 14.7 Å². The highest BCUT2D eigenvalue weighted by atomic mass is 32.2. The summed E-state index contributed by atoms with van der Waals surface area (Å²) in [6, 6.07) is -0.371. The molecule has 22 heavy (non-hydrogen) atoms. The minimum absolute atomic E-state index is 0.0283. The Morgan fingerprint density at radius 1 is 1.14 bits per heavy atom. The van der Waals surface area contributed by atoms with Crippen LogP contribution in [-0.2, 0) is 19.4 Å². The SMILES string of the molecule is CN(C)CCN(C(=O)C(=O)N1CCCC1)C1CCS(=O)(=O)C1. The molecule has 0 bridgehead atoms. The minimum Gasteiger partial charge on any atom is -0.334 e. The van der Waals surface area contributed by atoms with Crippen LogP contribution in [0.3, 0.4) is 0 Å². The van der Waals surface area contributed by atoms with Crippen molar-refractivity contribution in [3.05, 3.63) is 0 Å². The first-order valence-electron chi connectivity index (χ1n) is 7.75. The molecule has 2 fully saturated rings. The molecule has 0 saturated carbocycles. The van der Waals surface area contributed by atoms with Gasteiger partial charge in [-0.3, -0.25) is 9.59 Å². The number of carbonyl (C=O) groups is 2. The van der Waals surface area contributed by atoms with E-state index >= 15 is 0 Å². The Labute approximate surface area is 132 Å². The molecule has 7 nitrogen and oxygen atoms in total. The first-order chi connectivity index (χ1) is 10.3. The number of nitrogens with zero attached hydrogens (tertiary/aromatic N) is 3. The third kappa shape index (κ3) is 4.19. The van der Waals surface area contributed by atoms with Crippen molar-refractivity contribution in [1.82, 2.24) is 14.7 Å². The summed E-state index contributed by atoms with van der Waals surface area (Å²) >= 11 is 0. The molecule has 2 aliphatic rings. The molecule has 0 aliphatic carbocycles. The van der Waals surface area contributed by atoms with Crippen LogP contribution < -0.4 is 0 Å². The molecular formula is C14H25N3O4S. The maximum Gasteiger partial charge on any atom is 0.312 e. The molecule has 0 aromatic heterocycles. The molecule has 8 heteroatoms. The number of hydrogen-bond donors (Lipinski definition) is 0. The van der Waals surface area contributed by atoms with Gasteiger partial charge in [-0.2, -0.15) is 0 Å². The zero-order valence-electron chi connectivity index (χ0n) is 13.3. The van der Waals surface area contributed by atoms with Gasteiger partial charge >= 0.3 is 11.8 Å². The number of sulfone groups is 1. The molecular weight excluding hydrogens is 306 g/mol. The highest BCUT2D eigenvalue weighted by Gasteiger charge is 2.38. The number of hydrogen-bond acceptors (Lipinski definition) is 5. The van der Waals surface area contributed by atoms with Gasteiger partial charge in [-0.1, -0.05) is 0 Å². The van der Waals surface area contributed by atoms with Crippen molar-refractivity contribution < 1.29 is 18.0 Å². The minimum atomic E-state index is -3.09. The van der Waals surface area contributed by atoms with Crippen LogP contribution in [0.25, 0.3) is 0 Å². The molecule has 2 aliphatic heterocycles. The number of carbonyl (C=O) groups excluding carboxylic acids is 2. The molecule has 1 unspecified atom stereocenters. The second kappa shape index (κ2) is 6.95. The van der Waals surface area contributed by atoms with E-state index in [0.717, 1.165) is 12.8 Å². The molecule has 0 N–H and O–H groups in total. The molecule has 2 saturated heterocycles. The molecule has 126 valence electrons. The van der Waals surface area contributed by atoms with Crippen LogP contribution in [0.1, 0.15) is 19.3 Å². The van der Waals surface area contributed by atoms with Crippen LogP contribution in [-0.4, -0.2) is 92.8 Å². The first kappa shape index (κ1) is 17.2. The Morgan fingerprint density at radius 2 is 1.77 bits per heavy atom. The zero-order chi connectivity index (χ0) is 16.3. The smallest absolute Gasteiger partial charge is 0.312 e. The molecule has 2 rings (SSSR count). The van der Waals surface area contributed by atoms with Crippen LogP contribution in [0.4, 0.5) is 0 Å². The summed E-state index contributed by atoms with van der Waals surface area (Å²) in [7, 11) is 0.681.